The summed E-state index contributed by atoms with van der Waals surface area (Å²) in [6, 6.07) is -0.114. The molecule has 1 aromatic heterocycles. The standard InChI is InChI=1S/C12H19ClN4O/c1-4-9-11(13)10(16(3)15-9)7-17-6-5-14-8(2)12(17)18/h8,14H,4-7H2,1-3H3. The fraction of sp³-hybridized carbons (Fsp3) is 0.667. The fourth-order valence-corrected chi connectivity index (χ4v) is 2.57. The number of nitrogens with one attached hydrogen (secondary N) is 1. The molecule has 5 nitrogen and oxygen atoms in total. The van der Waals surface area contributed by atoms with Crippen LogP contribution in [0, 0.1) is 0 Å². The molecule has 1 amide bonds. The Morgan fingerprint density at radius 3 is 2.89 bits per heavy atom. The first-order chi connectivity index (χ1) is 8.54. The van der Waals surface area contributed by atoms with E-state index >= 15 is 0 Å². The summed E-state index contributed by atoms with van der Waals surface area (Å²) in [6.07, 6.45) is 0.804. The van der Waals surface area contributed by atoms with Gasteiger partial charge in [-0.3, -0.25) is 9.48 Å². The summed E-state index contributed by atoms with van der Waals surface area (Å²) in [6.45, 7) is 5.98. The normalized spacial score (nSPS) is 20.6. The SMILES string of the molecule is CCc1nn(C)c(CN2CCNC(C)C2=O)c1Cl. The average Bonchev–Trinajstić information content (AvgIpc) is 2.62. The number of nitrogens with zero attached hydrogens (tertiary/aromatic N) is 3. The minimum absolute atomic E-state index is 0.114. The molecule has 1 N–H and O–H groups in total. The van der Waals surface area contributed by atoms with Crippen molar-refractivity contribution in [3.8, 4) is 0 Å². The third-order valence-corrected chi connectivity index (χ3v) is 3.79. The van der Waals surface area contributed by atoms with Crippen molar-refractivity contribution < 1.29 is 4.79 Å². The molecule has 1 aliphatic rings. The number of piperazine rings is 1. The number of rotatable bonds is 3. The van der Waals surface area contributed by atoms with E-state index in [-0.39, 0.29) is 11.9 Å². The maximum atomic E-state index is 12.0. The van der Waals surface area contributed by atoms with Crippen LogP contribution in [0.4, 0.5) is 0 Å². The predicted octanol–water partition coefficient (Wildman–Crippen LogP) is 0.956. The van der Waals surface area contributed by atoms with Gasteiger partial charge in [-0.25, -0.2) is 0 Å². The molecule has 2 heterocycles. The highest BCUT2D eigenvalue weighted by molar-refractivity contribution is 6.31. The fourth-order valence-electron chi connectivity index (χ4n) is 2.22. The molecule has 2 rings (SSSR count). The lowest BCUT2D eigenvalue weighted by atomic mass is 10.2. The van der Waals surface area contributed by atoms with Crippen molar-refractivity contribution in [2.75, 3.05) is 13.1 Å². The lowest BCUT2D eigenvalue weighted by Crippen LogP contribution is -2.53. The molecule has 1 aliphatic heterocycles. The highest BCUT2D eigenvalue weighted by Crippen LogP contribution is 2.22. The molecule has 1 atom stereocenters. The van der Waals surface area contributed by atoms with Gasteiger partial charge in [0.15, 0.2) is 0 Å². The summed E-state index contributed by atoms with van der Waals surface area (Å²) in [5.41, 5.74) is 1.81. The Hall–Kier alpha value is -1.07. The number of aryl methyl sites for hydroxylation is 2. The van der Waals surface area contributed by atoms with Gasteiger partial charge in [-0.1, -0.05) is 18.5 Å². The van der Waals surface area contributed by atoms with Crippen molar-refractivity contribution >= 4 is 17.5 Å². The van der Waals surface area contributed by atoms with Crippen LogP contribution < -0.4 is 5.32 Å². The van der Waals surface area contributed by atoms with Gasteiger partial charge in [-0.15, -0.1) is 0 Å². The first-order valence-electron chi connectivity index (χ1n) is 6.27. The van der Waals surface area contributed by atoms with Crippen LogP contribution in [0.2, 0.25) is 5.02 Å². The van der Waals surface area contributed by atoms with Gasteiger partial charge < -0.3 is 10.2 Å². The summed E-state index contributed by atoms with van der Waals surface area (Å²) < 4.78 is 1.78. The average molecular weight is 271 g/mol. The first kappa shape index (κ1) is 13.4. The number of carbonyl (C=O) groups is 1. The van der Waals surface area contributed by atoms with E-state index in [1.807, 2.05) is 25.8 Å². The molecule has 100 valence electrons. The number of hydrogen-bond donors (Lipinski definition) is 1. The Morgan fingerprint density at radius 2 is 2.28 bits per heavy atom. The number of carbonyl (C=O) groups excluding carboxylic acids is 1. The molecule has 0 bridgehead atoms. The lowest BCUT2D eigenvalue weighted by Gasteiger charge is -2.31. The van der Waals surface area contributed by atoms with E-state index in [0.717, 1.165) is 24.4 Å². The Kier molecular flexibility index (Phi) is 3.92. The van der Waals surface area contributed by atoms with Crippen molar-refractivity contribution in [2.45, 2.75) is 32.9 Å². The summed E-state index contributed by atoms with van der Waals surface area (Å²) in [4.78, 5) is 13.9. The number of halogens is 1. The van der Waals surface area contributed by atoms with Crippen LogP contribution in [-0.4, -0.2) is 39.7 Å². The third-order valence-electron chi connectivity index (χ3n) is 3.36. The Bertz CT molecular complexity index is 457. The van der Waals surface area contributed by atoms with Crippen molar-refractivity contribution in [3.63, 3.8) is 0 Å². The lowest BCUT2D eigenvalue weighted by molar-refractivity contribution is -0.135. The van der Waals surface area contributed by atoms with E-state index in [0.29, 0.717) is 18.1 Å². The van der Waals surface area contributed by atoms with Crippen LogP contribution in [0.3, 0.4) is 0 Å². The molecular formula is C12H19ClN4O. The van der Waals surface area contributed by atoms with Gasteiger partial charge in [0.25, 0.3) is 0 Å². The van der Waals surface area contributed by atoms with Crippen molar-refractivity contribution in [1.29, 1.82) is 0 Å². The number of amides is 1. The van der Waals surface area contributed by atoms with Crippen LogP contribution in [-0.2, 0) is 24.8 Å². The zero-order chi connectivity index (χ0) is 13.3. The maximum Gasteiger partial charge on any atom is 0.239 e. The van der Waals surface area contributed by atoms with Crippen LogP contribution in [0.5, 0.6) is 0 Å². The maximum absolute atomic E-state index is 12.0. The highest BCUT2D eigenvalue weighted by atomic mass is 35.5. The summed E-state index contributed by atoms with van der Waals surface area (Å²) in [5.74, 6) is 0.122. The molecule has 0 aliphatic carbocycles. The Morgan fingerprint density at radius 1 is 1.56 bits per heavy atom. The van der Waals surface area contributed by atoms with Crippen molar-refractivity contribution in [2.24, 2.45) is 7.05 Å². The Balaban J connectivity index is 2.18. The van der Waals surface area contributed by atoms with E-state index in [1.165, 1.54) is 0 Å². The quantitative estimate of drug-likeness (QED) is 0.890. The van der Waals surface area contributed by atoms with Crippen LogP contribution in [0.1, 0.15) is 25.2 Å². The molecule has 1 unspecified atom stereocenters. The second-order valence-corrected chi connectivity index (χ2v) is 5.00. The van der Waals surface area contributed by atoms with Crippen LogP contribution >= 0.6 is 11.6 Å². The zero-order valence-electron chi connectivity index (χ0n) is 11.0. The molecule has 1 aromatic rings. The first-order valence-corrected chi connectivity index (χ1v) is 6.64. The van der Waals surface area contributed by atoms with Gasteiger partial charge in [0.1, 0.15) is 0 Å². The van der Waals surface area contributed by atoms with E-state index in [1.54, 1.807) is 4.68 Å². The van der Waals surface area contributed by atoms with Gasteiger partial charge >= 0.3 is 0 Å². The third kappa shape index (κ3) is 2.37. The highest BCUT2D eigenvalue weighted by Gasteiger charge is 2.26. The molecule has 0 spiro atoms. The topological polar surface area (TPSA) is 50.2 Å². The van der Waals surface area contributed by atoms with E-state index in [9.17, 15) is 4.79 Å². The Labute approximate surface area is 112 Å². The summed E-state index contributed by atoms with van der Waals surface area (Å²) in [5, 5.41) is 8.21. The van der Waals surface area contributed by atoms with Gasteiger partial charge in [0.05, 0.1) is 29.0 Å². The monoisotopic (exact) mass is 270 g/mol. The number of hydrogen-bond acceptors (Lipinski definition) is 3. The van der Waals surface area contributed by atoms with Crippen LogP contribution in [0.15, 0.2) is 0 Å². The molecule has 0 saturated carbocycles. The molecule has 0 radical (unpaired) electrons. The van der Waals surface area contributed by atoms with Crippen molar-refractivity contribution in [1.82, 2.24) is 20.0 Å². The smallest absolute Gasteiger partial charge is 0.239 e. The van der Waals surface area contributed by atoms with Gasteiger partial charge in [0.2, 0.25) is 5.91 Å². The van der Waals surface area contributed by atoms with Crippen LogP contribution in [0.25, 0.3) is 0 Å². The van der Waals surface area contributed by atoms with Gasteiger partial charge in [-0.2, -0.15) is 5.10 Å². The van der Waals surface area contributed by atoms with Gasteiger partial charge in [-0.05, 0) is 13.3 Å². The van der Waals surface area contributed by atoms with Gasteiger partial charge in [0, 0.05) is 20.1 Å². The number of aromatic nitrogens is 2. The van der Waals surface area contributed by atoms with E-state index in [4.69, 9.17) is 11.6 Å². The molecular weight excluding hydrogens is 252 g/mol. The zero-order valence-corrected chi connectivity index (χ0v) is 11.8. The predicted molar refractivity (Wildman–Crippen MR) is 70.5 cm³/mol. The van der Waals surface area contributed by atoms with E-state index < -0.39 is 0 Å². The van der Waals surface area contributed by atoms with E-state index in [2.05, 4.69) is 10.4 Å². The second kappa shape index (κ2) is 5.28. The molecule has 18 heavy (non-hydrogen) atoms. The molecule has 0 aromatic carbocycles. The largest absolute Gasteiger partial charge is 0.334 e. The minimum atomic E-state index is -0.114. The second-order valence-electron chi connectivity index (χ2n) is 4.62. The van der Waals surface area contributed by atoms with Crippen molar-refractivity contribution in [3.05, 3.63) is 16.4 Å². The molecule has 6 heteroatoms. The minimum Gasteiger partial charge on any atom is -0.334 e. The molecule has 1 saturated heterocycles. The summed E-state index contributed by atoms with van der Waals surface area (Å²) >= 11 is 6.30. The summed E-state index contributed by atoms with van der Waals surface area (Å²) in [7, 11) is 1.87. The molecule has 1 fully saturated rings.